The topological polar surface area (TPSA) is 51.8 Å². The zero-order valence-corrected chi connectivity index (χ0v) is 15.1. The summed E-state index contributed by atoms with van der Waals surface area (Å²) in [6.45, 7) is 10.6. The SMILES string of the molecule is CC(C)n1cc2c(n1)CN(C)C2.CC(C)n1cnc2cccnc21. The van der Waals surface area contributed by atoms with Crippen LogP contribution in [0.5, 0.6) is 0 Å². The third-order valence-electron chi connectivity index (χ3n) is 4.17. The minimum absolute atomic E-state index is 0.421. The van der Waals surface area contributed by atoms with Gasteiger partial charge in [0.05, 0.1) is 12.0 Å². The lowest BCUT2D eigenvalue weighted by Gasteiger charge is -2.08. The fraction of sp³-hybridized carbons (Fsp3) is 0.500. The number of pyridine rings is 1. The standard InChI is InChI=1S/C9H15N3.C9H11N3/c1-7(2)12-5-8-4-11(3)6-9(8)10-12;1-7(2)12-6-11-8-4-3-5-10-9(8)12/h5,7H,4,6H2,1-3H3;3-7H,1-2H3. The Morgan fingerprint density at radius 3 is 2.50 bits per heavy atom. The Balaban J connectivity index is 0.000000141. The molecular formula is C18H26N6. The van der Waals surface area contributed by atoms with Crippen molar-refractivity contribution in [2.75, 3.05) is 7.05 Å². The van der Waals surface area contributed by atoms with Crippen molar-refractivity contribution in [1.29, 1.82) is 0 Å². The van der Waals surface area contributed by atoms with Gasteiger partial charge in [-0.3, -0.25) is 9.58 Å². The number of aromatic nitrogens is 5. The van der Waals surface area contributed by atoms with E-state index in [0.29, 0.717) is 12.1 Å². The molecular weight excluding hydrogens is 300 g/mol. The second kappa shape index (κ2) is 6.73. The Hall–Kier alpha value is -2.21. The van der Waals surface area contributed by atoms with Crippen LogP contribution in [0.1, 0.15) is 51.0 Å². The number of hydrogen-bond acceptors (Lipinski definition) is 4. The predicted molar refractivity (Wildman–Crippen MR) is 95.7 cm³/mol. The van der Waals surface area contributed by atoms with Crippen molar-refractivity contribution in [1.82, 2.24) is 29.2 Å². The highest BCUT2D eigenvalue weighted by Crippen LogP contribution is 2.20. The highest BCUT2D eigenvalue weighted by Gasteiger charge is 2.19. The average molecular weight is 326 g/mol. The van der Waals surface area contributed by atoms with E-state index in [1.54, 1.807) is 6.20 Å². The fourth-order valence-corrected chi connectivity index (χ4v) is 2.84. The minimum atomic E-state index is 0.421. The lowest BCUT2D eigenvalue weighted by atomic mass is 10.3. The van der Waals surface area contributed by atoms with Gasteiger partial charge in [0.25, 0.3) is 0 Å². The first kappa shape index (κ1) is 16.6. The molecule has 24 heavy (non-hydrogen) atoms. The van der Waals surface area contributed by atoms with Crippen molar-refractivity contribution in [2.45, 2.75) is 52.9 Å². The van der Waals surface area contributed by atoms with Gasteiger partial charge in [0, 0.05) is 43.1 Å². The zero-order valence-electron chi connectivity index (χ0n) is 15.1. The smallest absolute Gasteiger partial charge is 0.160 e. The molecule has 0 amide bonds. The van der Waals surface area contributed by atoms with Gasteiger partial charge < -0.3 is 4.57 Å². The van der Waals surface area contributed by atoms with Crippen molar-refractivity contribution in [3.05, 3.63) is 42.1 Å². The number of hydrogen-bond donors (Lipinski definition) is 0. The van der Waals surface area contributed by atoms with Crippen LogP contribution in [0.4, 0.5) is 0 Å². The van der Waals surface area contributed by atoms with E-state index >= 15 is 0 Å². The summed E-state index contributed by atoms with van der Waals surface area (Å²) < 4.78 is 4.12. The van der Waals surface area contributed by atoms with Gasteiger partial charge in [0.2, 0.25) is 0 Å². The third-order valence-corrected chi connectivity index (χ3v) is 4.17. The molecule has 0 bridgehead atoms. The lowest BCUT2D eigenvalue weighted by Crippen LogP contribution is -2.11. The summed E-state index contributed by atoms with van der Waals surface area (Å²) in [4.78, 5) is 10.8. The molecule has 0 aromatic carbocycles. The molecule has 1 aliphatic heterocycles. The van der Waals surface area contributed by atoms with Gasteiger partial charge >= 0.3 is 0 Å². The van der Waals surface area contributed by atoms with E-state index < -0.39 is 0 Å². The lowest BCUT2D eigenvalue weighted by molar-refractivity contribution is 0.343. The molecule has 0 aliphatic carbocycles. The Bertz CT molecular complexity index is 790. The maximum absolute atomic E-state index is 4.52. The Kier molecular flexibility index (Phi) is 4.66. The number of nitrogens with zero attached hydrogens (tertiary/aromatic N) is 6. The summed E-state index contributed by atoms with van der Waals surface area (Å²) in [7, 11) is 2.13. The summed E-state index contributed by atoms with van der Waals surface area (Å²) in [6, 6.07) is 4.78. The van der Waals surface area contributed by atoms with Crippen LogP contribution >= 0.6 is 0 Å². The first-order chi connectivity index (χ1) is 11.5. The largest absolute Gasteiger partial charge is 0.313 e. The van der Waals surface area contributed by atoms with Crippen LogP contribution in [0.15, 0.2) is 30.9 Å². The third kappa shape index (κ3) is 3.33. The van der Waals surface area contributed by atoms with E-state index in [-0.39, 0.29) is 0 Å². The Morgan fingerprint density at radius 1 is 1.04 bits per heavy atom. The summed E-state index contributed by atoms with van der Waals surface area (Å²) in [5.41, 5.74) is 4.58. The molecule has 4 heterocycles. The molecule has 3 aromatic heterocycles. The minimum Gasteiger partial charge on any atom is -0.313 e. The van der Waals surface area contributed by atoms with Gasteiger partial charge in [0.15, 0.2) is 5.65 Å². The van der Waals surface area contributed by atoms with E-state index in [0.717, 1.165) is 24.3 Å². The van der Waals surface area contributed by atoms with Crippen molar-refractivity contribution in [2.24, 2.45) is 0 Å². The maximum Gasteiger partial charge on any atom is 0.160 e. The van der Waals surface area contributed by atoms with E-state index in [4.69, 9.17) is 0 Å². The van der Waals surface area contributed by atoms with E-state index in [1.165, 1.54) is 11.3 Å². The molecule has 0 radical (unpaired) electrons. The Labute approximate surface area is 143 Å². The van der Waals surface area contributed by atoms with E-state index in [9.17, 15) is 0 Å². The molecule has 0 unspecified atom stereocenters. The average Bonchev–Trinajstić information content (AvgIpc) is 3.19. The highest BCUT2D eigenvalue weighted by molar-refractivity contribution is 5.70. The van der Waals surface area contributed by atoms with Crippen molar-refractivity contribution in [3.8, 4) is 0 Å². The van der Waals surface area contributed by atoms with Crippen molar-refractivity contribution in [3.63, 3.8) is 0 Å². The van der Waals surface area contributed by atoms with Crippen LogP contribution < -0.4 is 0 Å². The van der Waals surface area contributed by atoms with Crippen LogP contribution in [0.3, 0.4) is 0 Å². The van der Waals surface area contributed by atoms with Gasteiger partial charge in [-0.1, -0.05) is 0 Å². The monoisotopic (exact) mass is 326 g/mol. The van der Waals surface area contributed by atoms with Crippen LogP contribution in [0.25, 0.3) is 11.2 Å². The molecule has 0 saturated heterocycles. The summed E-state index contributed by atoms with van der Waals surface area (Å²) in [6.07, 6.45) is 5.80. The van der Waals surface area contributed by atoms with Gasteiger partial charge in [-0.2, -0.15) is 5.10 Å². The summed E-state index contributed by atoms with van der Waals surface area (Å²) in [5.74, 6) is 0. The second-order valence-corrected chi connectivity index (χ2v) is 6.94. The van der Waals surface area contributed by atoms with E-state index in [1.807, 2.05) is 18.5 Å². The molecule has 0 spiro atoms. The van der Waals surface area contributed by atoms with Crippen LogP contribution in [0, 0.1) is 0 Å². The first-order valence-corrected chi connectivity index (χ1v) is 8.48. The van der Waals surface area contributed by atoms with Gasteiger partial charge in [-0.05, 0) is 46.9 Å². The maximum atomic E-state index is 4.52. The summed E-state index contributed by atoms with van der Waals surface area (Å²) in [5, 5.41) is 4.52. The molecule has 4 rings (SSSR count). The Morgan fingerprint density at radius 2 is 1.83 bits per heavy atom. The normalized spacial score (nSPS) is 14.3. The second-order valence-electron chi connectivity index (χ2n) is 6.94. The molecule has 0 saturated carbocycles. The predicted octanol–water partition coefficient (Wildman–Crippen LogP) is 3.42. The fourth-order valence-electron chi connectivity index (χ4n) is 2.84. The molecule has 6 heteroatoms. The molecule has 0 N–H and O–H groups in total. The molecule has 0 atom stereocenters. The molecule has 6 nitrogen and oxygen atoms in total. The van der Waals surface area contributed by atoms with Gasteiger partial charge in [-0.15, -0.1) is 0 Å². The molecule has 128 valence electrons. The van der Waals surface area contributed by atoms with Crippen molar-refractivity contribution >= 4 is 11.2 Å². The van der Waals surface area contributed by atoms with Gasteiger partial charge in [0.1, 0.15) is 5.52 Å². The highest BCUT2D eigenvalue weighted by atomic mass is 15.3. The molecule has 0 fully saturated rings. The van der Waals surface area contributed by atoms with Crippen LogP contribution in [0.2, 0.25) is 0 Å². The number of fused-ring (bicyclic) bond motifs is 2. The number of imidazole rings is 1. The molecule has 3 aromatic rings. The van der Waals surface area contributed by atoms with Gasteiger partial charge in [-0.25, -0.2) is 9.97 Å². The zero-order chi connectivity index (χ0) is 17.3. The van der Waals surface area contributed by atoms with Crippen LogP contribution in [-0.2, 0) is 13.1 Å². The first-order valence-electron chi connectivity index (χ1n) is 8.48. The number of rotatable bonds is 2. The summed E-state index contributed by atoms with van der Waals surface area (Å²) >= 11 is 0. The van der Waals surface area contributed by atoms with Crippen LogP contribution in [-0.4, -0.2) is 36.3 Å². The quantitative estimate of drug-likeness (QED) is 0.724. The van der Waals surface area contributed by atoms with E-state index in [2.05, 4.69) is 70.2 Å². The van der Waals surface area contributed by atoms with Crippen molar-refractivity contribution < 1.29 is 0 Å². The molecule has 1 aliphatic rings.